The van der Waals surface area contributed by atoms with Gasteiger partial charge in [-0.05, 0) is 19.1 Å². The average molecular weight is 310 g/mol. The molecule has 0 amide bonds. The predicted molar refractivity (Wildman–Crippen MR) is 81.0 cm³/mol. The molecule has 1 aliphatic heterocycles. The molecule has 116 valence electrons. The van der Waals surface area contributed by atoms with Gasteiger partial charge >= 0.3 is 12.0 Å². The molecule has 3 aromatic rings. The lowest BCUT2D eigenvalue weighted by Gasteiger charge is -2.17. The molecule has 23 heavy (non-hydrogen) atoms. The zero-order chi connectivity index (χ0) is 15.8. The van der Waals surface area contributed by atoms with Crippen molar-refractivity contribution in [3.05, 3.63) is 54.0 Å². The lowest BCUT2D eigenvalue weighted by atomic mass is 10.2. The van der Waals surface area contributed by atoms with E-state index in [1.165, 1.54) is 0 Å². The molecular formula is C16H14N4O3. The van der Waals surface area contributed by atoms with Crippen LogP contribution in [0, 0.1) is 0 Å². The zero-order valence-corrected chi connectivity index (χ0v) is 12.5. The summed E-state index contributed by atoms with van der Waals surface area (Å²) in [6.07, 6.45) is 3.43. The van der Waals surface area contributed by atoms with Gasteiger partial charge in [-0.25, -0.2) is 14.5 Å². The van der Waals surface area contributed by atoms with Crippen molar-refractivity contribution in [2.24, 2.45) is 0 Å². The third kappa shape index (κ3) is 2.09. The summed E-state index contributed by atoms with van der Waals surface area (Å²) in [6, 6.07) is 10.1. The van der Waals surface area contributed by atoms with Crippen molar-refractivity contribution in [1.82, 2.24) is 19.3 Å². The van der Waals surface area contributed by atoms with Crippen LogP contribution in [0.5, 0.6) is 6.01 Å². The highest BCUT2D eigenvalue weighted by Crippen LogP contribution is 2.31. The molecule has 0 spiro atoms. The molecule has 0 aliphatic carbocycles. The van der Waals surface area contributed by atoms with Crippen LogP contribution in [0.1, 0.15) is 23.0 Å². The largest absolute Gasteiger partial charge is 0.461 e. The van der Waals surface area contributed by atoms with E-state index in [2.05, 4.69) is 10.1 Å². The summed E-state index contributed by atoms with van der Waals surface area (Å²) in [7, 11) is 0. The molecule has 0 saturated carbocycles. The van der Waals surface area contributed by atoms with Crippen LogP contribution in [-0.4, -0.2) is 31.9 Å². The van der Waals surface area contributed by atoms with Gasteiger partial charge in [0.05, 0.1) is 17.9 Å². The normalized spacial score (nSPS) is 12.2. The molecule has 1 aliphatic rings. The van der Waals surface area contributed by atoms with Crippen LogP contribution in [0.15, 0.2) is 42.7 Å². The van der Waals surface area contributed by atoms with E-state index in [0.29, 0.717) is 18.2 Å². The molecule has 0 bridgehead atoms. The minimum atomic E-state index is -0.453. The Morgan fingerprint density at radius 1 is 1.35 bits per heavy atom. The molecule has 7 nitrogen and oxygen atoms in total. The number of imidazole rings is 1. The quantitative estimate of drug-likeness (QED) is 0.693. The molecule has 0 atom stereocenters. The molecule has 0 radical (unpaired) electrons. The molecule has 4 rings (SSSR count). The van der Waals surface area contributed by atoms with E-state index in [-0.39, 0.29) is 12.3 Å². The molecule has 0 fully saturated rings. The van der Waals surface area contributed by atoms with Gasteiger partial charge in [0.2, 0.25) is 0 Å². The first kappa shape index (κ1) is 13.6. The van der Waals surface area contributed by atoms with Crippen molar-refractivity contribution in [1.29, 1.82) is 0 Å². The van der Waals surface area contributed by atoms with E-state index >= 15 is 0 Å². The smallest absolute Gasteiger partial charge is 0.359 e. The first-order valence-corrected chi connectivity index (χ1v) is 7.30. The maximum absolute atomic E-state index is 12.2. The number of carbonyl (C=O) groups excluding carboxylic acids is 1. The van der Waals surface area contributed by atoms with Crippen molar-refractivity contribution in [3.8, 4) is 17.5 Å². The first-order valence-electron chi connectivity index (χ1n) is 7.30. The summed E-state index contributed by atoms with van der Waals surface area (Å²) >= 11 is 0. The number of esters is 1. The van der Waals surface area contributed by atoms with Gasteiger partial charge in [-0.2, -0.15) is 5.10 Å². The summed E-state index contributed by atoms with van der Waals surface area (Å²) < 4.78 is 14.2. The van der Waals surface area contributed by atoms with E-state index in [1.807, 2.05) is 30.3 Å². The standard InChI is InChI=1S/C16H14N4O3/c1-2-22-15(21)13-12-10-23-16-17-8-9-19(16)14(12)20(18-13)11-6-4-3-5-7-11/h3-9H,2,10H2,1H3. The van der Waals surface area contributed by atoms with Crippen molar-refractivity contribution in [2.75, 3.05) is 6.61 Å². The second kappa shape index (κ2) is 5.28. The third-order valence-corrected chi connectivity index (χ3v) is 3.61. The Labute approximate surface area is 132 Å². The maximum Gasteiger partial charge on any atom is 0.359 e. The SMILES string of the molecule is CCOC(=O)c1nn(-c2ccccc2)c2c1COc1nccn1-2. The fourth-order valence-corrected chi connectivity index (χ4v) is 2.63. The van der Waals surface area contributed by atoms with Crippen LogP contribution >= 0.6 is 0 Å². The fraction of sp³-hybridized carbons (Fsp3) is 0.188. The predicted octanol–water partition coefficient (Wildman–Crippen LogP) is 2.13. The number of carbonyl (C=O) groups is 1. The minimum absolute atomic E-state index is 0.229. The Morgan fingerprint density at radius 3 is 2.96 bits per heavy atom. The Balaban J connectivity index is 1.95. The highest BCUT2D eigenvalue weighted by Gasteiger charge is 2.30. The number of aromatic nitrogens is 4. The summed E-state index contributed by atoms with van der Waals surface area (Å²) in [6.45, 7) is 2.29. The average Bonchev–Trinajstić information content (AvgIpc) is 3.19. The Bertz CT molecular complexity index is 867. The monoisotopic (exact) mass is 310 g/mol. The Kier molecular flexibility index (Phi) is 3.11. The van der Waals surface area contributed by atoms with Gasteiger partial charge in [-0.15, -0.1) is 0 Å². The van der Waals surface area contributed by atoms with Gasteiger partial charge in [0.25, 0.3) is 0 Å². The highest BCUT2D eigenvalue weighted by molar-refractivity contribution is 5.90. The first-order chi connectivity index (χ1) is 11.3. The van der Waals surface area contributed by atoms with Crippen LogP contribution in [0.25, 0.3) is 11.5 Å². The topological polar surface area (TPSA) is 71.2 Å². The van der Waals surface area contributed by atoms with Gasteiger partial charge in [0.15, 0.2) is 11.5 Å². The number of nitrogens with zero attached hydrogens (tertiary/aromatic N) is 4. The maximum atomic E-state index is 12.2. The summed E-state index contributed by atoms with van der Waals surface area (Å²) in [5, 5.41) is 4.47. The van der Waals surface area contributed by atoms with Crippen molar-refractivity contribution < 1.29 is 14.3 Å². The lowest BCUT2D eigenvalue weighted by Crippen LogP contribution is -2.16. The number of hydrogen-bond acceptors (Lipinski definition) is 5. The number of para-hydroxylation sites is 1. The number of benzene rings is 1. The van der Waals surface area contributed by atoms with E-state index in [9.17, 15) is 4.79 Å². The number of fused-ring (bicyclic) bond motifs is 3. The highest BCUT2D eigenvalue weighted by atomic mass is 16.5. The summed E-state index contributed by atoms with van der Waals surface area (Å²) in [5.41, 5.74) is 1.81. The second-order valence-corrected chi connectivity index (χ2v) is 4.99. The third-order valence-electron chi connectivity index (χ3n) is 3.61. The van der Waals surface area contributed by atoms with E-state index in [0.717, 1.165) is 11.5 Å². The van der Waals surface area contributed by atoms with Crippen molar-refractivity contribution in [3.63, 3.8) is 0 Å². The molecule has 0 N–H and O–H groups in total. The van der Waals surface area contributed by atoms with Gasteiger partial charge < -0.3 is 9.47 Å². The van der Waals surface area contributed by atoms with Crippen LogP contribution in [0.4, 0.5) is 0 Å². The summed E-state index contributed by atoms with van der Waals surface area (Å²) in [5.74, 6) is 0.295. The molecule has 0 unspecified atom stereocenters. The molecule has 7 heteroatoms. The van der Waals surface area contributed by atoms with Crippen LogP contribution in [-0.2, 0) is 11.3 Å². The lowest BCUT2D eigenvalue weighted by molar-refractivity contribution is 0.0515. The van der Waals surface area contributed by atoms with Crippen LogP contribution in [0.3, 0.4) is 0 Å². The molecule has 0 saturated heterocycles. The Morgan fingerprint density at radius 2 is 2.17 bits per heavy atom. The number of hydrogen-bond donors (Lipinski definition) is 0. The van der Waals surface area contributed by atoms with Crippen LogP contribution in [0.2, 0.25) is 0 Å². The van der Waals surface area contributed by atoms with E-state index < -0.39 is 5.97 Å². The van der Waals surface area contributed by atoms with E-state index in [1.54, 1.807) is 28.6 Å². The molecule has 1 aromatic carbocycles. The van der Waals surface area contributed by atoms with E-state index in [4.69, 9.17) is 9.47 Å². The van der Waals surface area contributed by atoms with Crippen molar-refractivity contribution >= 4 is 5.97 Å². The second-order valence-electron chi connectivity index (χ2n) is 4.99. The Hall–Kier alpha value is -3.09. The molecule has 2 aromatic heterocycles. The molecule has 3 heterocycles. The van der Waals surface area contributed by atoms with Gasteiger partial charge in [0.1, 0.15) is 6.61 Å². The summed E-state index contributed by atoms with van der Waals surface area (Å²) in [4.78, 5) is 16.4. The van der Waals surface area contributed by atoms with Crippen LogP contribution < -0.4 is 4.74 Å². The minimum Gasteiger partial charge on any atom is -0.461 e. The van der Waals surface area contributed by atoms with Gasteiger partial charge in [0, 0.05) is 12.4 Å². The zero-order valence-electron chi connectivity index (χ0n) is 12.5. The molecular weight excluding hydrogens is 296 g/mol. The van der Waals surface area contributed by atoms with Gasteiger partial charge in [-0.1, -0.05) is 18.2 Å². The fourth-order valence-electron chi connectivity index (χ4n) is 2.63. The van der Waals surface area contributed by atoms with Crippen molar-refractivity contribution in [2.45, 2.75) is 13.5 Å². The number of rotatable bonds is 3. The number of ether oxygens (including phenoxy) is 2. The van der Waals surface area contributed by atoms with Gasteiger partial charge in [-0.3, -0.25) is 4.57 Å².